The number of hydrogen-bond donors (Lipinski definition) is 1. The fourth-order valence-electron chi connectivity index (χ4n) is 3.55. The fraction of sp³-hybridized carbons (Fsp3) is 0.217. The second kappa shape index (κ2) is 8.39. The molecule has 1 N–H and O–H groups in total. The Labute approximate surface area is 180 Å². The van der Waals surface area contributed by atoms with Gasteiger partial charge < -0.3 is 14.6 Å². The molecule has 2 heterocycles. The number of anilines is 2. The van der Waals surface area contributed by atoms with Gasteiger partial charge in [0, 0.05) is 24.3 Å². The van der Waals surface area contributed by atoms with Gasteiger partial charge in [-0.1, -0.05) is 17.7 Å². The Morgan fingerprint density at radius 2 is 1.87 bits per heavy atom. The number of rotatable bonds is 6. The van der Waals surface area contributed by atoms with Crippen LogP contribution in [0.1, 0.15) is 27.9 Å². The molecular weight excluding hydrogens is 416 g/mol. The van der Waals surface area contributed by atoms with Crippen molar-refractivity contribution in [2.75, 3.05) is 22.5 Å². The standard InChI is InChI=1S/C23H22N2O5S/c1-16-2-5-20(6-3-16)31(28,29)13-10-22(26)24-19-4-7-21-17(14-19)8-11-25(21)23(27)18-9-12-30-15-18/h2-7,9,12,14-15H,8,10-11,13H2,1H3,(H,24,26). The van der Waals surface area contributed by atoms with Crippen molar-refractivity contribution in [1.29, 1.82) is 0 Å². The SMILES string of the molecule is Cc1ccc(S(=O)(=O)CCC(=O)Nc2ccc3c(c2)CCN3C(=O)c2ccoc2)cc1. The van der Waals surface area contributed by atoms with E-state index in [1.54, 1.807) is 47.4 Å². The number of furan rings is 1. The molecule has 1 aliphatic rings. The highest BCUT2D eigenvalue weighted by atomic mass is 32.2. The third-order valence-corrected chi connectivity index (χ3v) is 6.98. The lowest BCUT2D eigenvalue weighted by Gasteiger charge is -2.16. The van der Waals surface area contributed by atoms with E-state index < -0.39 is 9.84 Å². The molecule has 7 nitrogen and oxygen atoms in total. The summed E-state index contributed by atoms with van der Waals surface area (Å²) < 4.78 is 29.8. The zero-order valence-electron chi connectivity index (χ0n) is 17.0. The summed E-state index contributed by atoms with van der Waals surface area (Å²) in [5.41, 5.74) is 3.78. The van der Waals surface area contributed by atoms with Crippen LogP contribution in [0.3, 0.4) is 0 Å². The highest BCUT2D eigenvalue weighted by molar-refractivity contribution is 7.91. The first-order valence-electron chi connectivity index (χ1n) is 9.90. The number of amides is 2. The van der Waals surface area contributed by atoms with Crippen molar-refractivity contribution in [3.63, 3.8) is 0 Å². The van der Waals surface area contributed by atoms with Gasteiger partial charge in [-0.25, -0.2) is 8.42 Å². The van der Waals surface area contributed by atoms with Crippen LogP contribution in [0.4, 0.5) is 11.4 Å². The molecular formula is C23H22N2O5S. The Bertz CT molecular complexity index is 1220. The van der Waals surface area contributed by atoms with Crippen molar-refractivity contribution < 1.29 is 22.4 Å². The summed E-state index contributed by atoms with van der Waals surface area (Å²) in [5.74, 6) is -0.773. The lowest BCUT2D eigenvalue weighted by molar-refractivity contribution is -0.115. The highest BCUT2D eigenvalue weighted by Crippen LogP contribution is 2.31. The Balaban J connectivity index is 1.38. The zero-order valence-corrected chi connectivity index (χ0v) is 17.8. The minimum Gasteiger partial charge on any atom is -0.472 e. The van der Waals surface area contributed by atoms with Gasteiger partial charge in [0.2, 0.25) is 5.91 Å². The van der Waals surface area contributed by atoms with E-state index >= 15 is 0 Å². The van der Waals surface area contributed by atoms with Gasteiger partial charge in [-0.3, -0.25) is 9.59 Å². The van der Waals surface area contributed by atoms with Gasteiger partial charge in [-0.2, -0.15) is 0 Å². The van der Waals surface area contributed by atoms with Crippen LogP contribution in [-0.4, -0.2) is 32.5 Å². The normalized spacial score (nSPS) is 13.1. The molecule has 2 amide bonds. The van der Waals surface area contributed by atoms with Crippen molar-refractivity contribution in [3.8, 4) is 0 Å². The Morgan fingerprint density at radius 3 is 2.58 bits per heavy atom. The molecule has 0 unspecified atom stereocenters. The van der Waals surface area contributed by atoms with Crippen LogP contribution < -0.4 is 10.2 Å². The number of nitrogens with zero attached hydrogens (tertiary/aromatic N) is 1. The number of carbonyl (C=O) groups excluding carboxylic acids is 2. The Kier molecular flexibility index (Phi) is 5.65. The predicted octanol–water partition coefficient (Wildman–Crippen LogP) is 3.59. The van der Waals surface area contributed by atoms with Crippen LogP contribution in [0.15, 0.2) is 70.4 Å². The maximum atomic E-state index is 12.6. The van der Waals surface area contributed by atoms with Crippen molar-refractivity contribution in [2.24, 2.45) is 0 Å². The Morgan fingerprint density at radius 1 is 1.10 bits per heavy atom. The molecule has 0 saturated heterocycles. The lowest BCUT2D eigenvalue weighted by Crippen LogP contribution is -2.28. The average Bonchev–Trinajstić information content (AvgIpc) is 3.42. The highest BCUT2D eigenvalue weighted by Gasteiger charge is 2.26. The quantitative estimate of drug-likeness (QED) is 0.634. The molecule has 0 radical (unpaired) electrons. The summed E-state index contributed by atoms with van der Waals surface area (Å²) in [6.07, 6.45) is 3.41. The van der Waals surface area contributed by atoms with Gasteiger partial charge in [-0.15, -0.1) is 0 Å². The fourth-order valence-corrected chi connectivity index (χ4v) is 4.79. The molecule has 4 rings (SSSR count). The third kappa shape index (κ3) is 4.54. The summed E-state index contributed by atoms with van der Waals surface area (Å²) in [6.45, 7) is 2.43. The zero-order chi connectivity index (χ0) is 22.0. The van der Waals surface area contributed by atoms with Gasteiger partial charge in [0.1, 0.15) is 6.26 Å². The molecule has 1 aliphatic heterocycles. The number of nitrogens with one attached hydrogen (secondary N) is 1. The smallest absolute Gasteiger partial charge is 0.261 e. The second-order valence-corrected chi connectivity index (χ2v) is 9.60. The molecule has 1 aromatic heterocycles. The lowest BCUT2D eigenvalue weighted by atomic mass is 10.1. The van der Waals surface area contributed by atoms with Crippen LogP contribution in [-0.2, 0) is 21.1 Å². The number of aryl methyl sites for hydroxylation is 1. The Hall–Kier alpha value is -3.39. The number of benzene rings is 2. The van der Waals surface area contributed by atoms with Crippen molar-refractivity contribution >= 4 is 33.0 Å². The number of fused-ring (bicyclic) bond motifs is 1. The summed E-state index contributed by atoms with van der Waals surface area (Å²) in [5, 5.41) is 2.75. The van der Waals surface area contributed by atoms with E-state index in [1.165, 1.54) is 12.5 Å². The third-order valence-electron chi connectivity index (χ3n) is 5.25. The van der Waals surface area contributed by atoms with Crippen LogP contribution in [0.5, 0.6) is 0 Å². The first kappa shape index (κ1) is 20.9. The van der Waals surface area contributed by atoms with E-state index in [2.05, 4.69) is 5.32 Å². The van der Waals surface area contributed by atoms with E-state index in [4.69, 9.17) is 4.42 Å². The topological polar surface area (TPSA) is 96.7 Å². The molecule has 0 bridgehead atoms. The molecule has 8 heteroatoms. The van der Waals surface area contributed by atoms with E-state index in [9.17, 15) is 18.0 Å². The summed E-state index contributed by atoms with van der Waals surface area (Å²) >= 11 is 0. The first-order chi connectivity index (χ1) is 14.8. The number of carbonyl (C=O) groups is 2. The summed E-state index contributed by atoms with van der Waals surface area (Å²) in [4.78, 5) is 26.8. The maximum absolute atomic E-state index is 12.6. The minimum atomic E-state index is -3.52. The summed E-state index contributed by atoms with van der Waals surface area (Å²) in [6, 6.07) is 13.5. The van der Waals surface area contributed by atoms with E-state index in [1.807, 2.05) is 13.0 Å². The van der Waals surface area contributed by atoms with Crippen molar-refractivity contribution in [3.05, 3.63) is 77.7 Å². The largest absolute Gasteiger partial charge is 0.472 e. The van der Waals surface area contributed by atoms with Crippen molar-refractivity contribution in [1.82, 2.24) is 0 Å². The van der Waals surface area contributed by atoms with Gasteiger partial charge in [-0.05, 0) is 55.3 Å². The molecule has 0 fully saturated rings. The monoisotopic (exact) mass is 438 g/mol. The average molecular weight is 439 g/mol. The number of sulfone groups is 1. The molecule has 0 saturated carbocycles. The molecule has 2 aromatic carbocycles. The van der Waals surface area contributed by atoms with Crippen LogP contribution in [0.2, 0.25) is 0 Å². The molecule has 0 spiro atoms. The van der Waals surface area contributed by atoms with Gasteiger partial charge in [0.15, 0.2) is 9.84 Å². The number of hydrogen-bond acceptors (Lipinski definition) is 5. The van der Waals surface area contributed by atoms with Crippen LogP contribution >= 0.6 is 0 Å². The van der Waals surface area contributed by atoms with Crippen LogP contribution in [0, 0.1) is 6.92 Å². The van der Waals surface area contributed by atoms with E-state index in [-0.39, 0.29) is 28.9 Å². The minimum absolute atomic E-state index is 0.134. The molecule has 31 heavy (non-hydrogen) atoms. The predicted molar refractivity (Wildman–Crippen MR) is 117 cm³/mol. The van der Waals surface area contributed by atoms with E-state index in [0.717, 1.165) is 16.8 Å². The molecule has 160 valence electrons. The van der Waals surface area contributed by atoms with Gasteiger partial charge in [0.05, 0.1) is 22.5 Å². The molecule has 3 aromatic rings. The van der Waals surface area contributed by atoms with E-state index in [0.29, 0.717) is 24.2 Å². The van der Waals surface area contributed by atoms with Crippen molar-refractivity contribution in [2.45, 2.75) is 24.7 Å². The maximum Gasteiger partial charge on any atom is 0.261 e. The van der Waals surface area contributed by atoms with Gasteiger partial charge >= 0.3 is 0 Å². The first-order valence-corrected chi connectivity index (χ1v) is 11.5. The molecule has 0 atom stereocenters. The second-order valence-electron chi connectivity index (χ2n) is 7.49. The van der Waals surface area contributed by atoms with Gasteiger partial charge in [0.25, 0.3) is 5.91 Å². The summed E-state index contributed by atoms with van der Waals surface area (Å²) in [7, 11) is -3.52. The molecule has 0 aliphatic carbocycles. The van der Waals surface area contributed by atoms with Crippen LogP contribution in [0.25, 0.3) is 0 Å².